The number of fused-ring (bicyclic) bond motifs is 1. The first-order valence-electron chi connectivity index (χ1n) is 3.52. The molecule has 0 unspecified atom stereocenters. The summed E-state index contributed by atoms with van der Waals surface area (Å²) in [6, 6.07) is 4.16. The van der Waals surface area contributed by atoms with Crippen molar-refractivity contribution in [3.63, 3.8) is 0 Å². The molecule has 0 fully saturated rings. The summed E-state index contributed by atoms with van der Waals surface area (Å²) in [7, 11) is 0. The molecule has 0 bridgehead atoms. The van der Waals surface area contributed by atoms with Crippen LogP contribution in [0.5, 0.6) is 0 Å². The van der Waals surface area contributed by atoms with Gasteiger partial charge in [0.25, 0.3) is 0 Å². The molecule has 0 atom stereocenters. The largest absolute Gasteiger partial charge is 0.143 e. The van der Waals surface area contributed by atoms with Crippen LogP contribution in [0.4, 0.5) is 0 Å². The van der Waals surface area contributed by atoms with Gasteiger partial charge in [0, 0.05) is 18.7 Å². The zero-order chi connectivity index (χ0) is 8.72. The first kappa shape index (κ1) is 8.78. The van der Waals surface area contributed by atoms with Gasteiger partial charge in [-0.05, 0) is 52.6 Å². The van der Waals surface area contributed by atoms with Crippen molar-refractivity contribution < 1.29 is 0 Å². The molecule has 3 heteroatoms. The van der Waals surface area contributed by atoms with Crippen LogP contribution in [0.3, 0.4) is 0 Å². The van der Waals surface area contributed by atoms with Gasteiger partial charge >= 0.3 is 0 Å². The lowest BCUT2D eigenvalue weighted by molar-refractivity contribution is 1.54. The zero-order valence-electron chi connectivity index (χ0n) is 6.40. The Hall–Kier alpha value is 0.200. The van der Waals surface area contributed by atoms with Crippen molar-refractivity contribution in [2.24, 2.45) is 0 Å². The van der Waals surface area contributed by atoms with Gasteiger partial charge in [-0.2, -0.15) is 0 Å². The van der Waals surface area contributed by atoms with E-state index in [9.17, 15) is 0 Å². The predicted octanol–water partition coefficient (Wildman–Crippen LogP) is 4.47. The molecule has 0 aliphatic heterocycles. The molecular formula is C9H6ClIS. The first-order chi connectivity index (χ1) is 5.70. The molecule has 1 aromatic carbocycles. The Labute approximate surface area is 93.7 Å². The van der Waals surface area contributed by atoms with E-state index in [0.29, 0.717) is 0 Å². The molecule has 0 spiro atoms. The van der Waals surface area contributed by atoms with Gasteiger partial charge in [0.15, 0.2) is 0 Å². The molecule has 1 heterocycles. The van der Waals surface area contributed by atoms with Crippen molar-refractivity contribution in [2.45, 2.75) is 6.92 Å². The van der Waals surface area contributed by atoms with Crippen LogP contribution in [0.2, 0.25) is 5.02 Å². The summed E-state index contributed by atoms with van der Waals surface area (Å²) in [5.41, 5.74) is 1.20. The number of hydrogen-bond acceptors (Lipinski definition) is 1. The highest BCUT2D eigenvalue weighted by molar-refractivity contribution is 14.1. The average molecular weight is 309 g/mol. The Kier molecular flexibility index (Phi) is 2.31. The minimum absolute atomic E-state index is 0.870. The molecule has 0 amide bonds. The molecule has 62 valence electrons. The Bertz CT molecular complexity index is 433. The van der Waals surface area contributed by atoms with Crippen molar-refractivity contribution in [3.05, 3.63) is 31.7 Å². The molecule has 0 N–H and O–H groups in total. The molecule has 0 saturated carbocycles. The molecule has 0 nitrogen and oxygen atoms in total. The van der Waals surface area contributed by atoms with Gasteiger partial charge in [0.2, 0.25) is 0 Å². The molecule has 0 radical (unpaired) electrons. The molecule has 1 aromatic heterocycles. The highest BCUT2D eigenvalue weighted by atomic mass is 127. The van der Waals surface area contributed by atoms with Crippen LogP contribution < -0.4 is 0 Å². The quantitative estimate of drug-likeness (QED) is 0.630. The first-order valence-corrected chi connectivity index (χ1v) is 5.85. The molecule has 0 aliphatic carbocycles. The van der Waals surface area contributed by atoms with E-state index in [2.05, 4.69) is 41.0 Å². The number of hydrogen-bond donors (Lipinski definition) is 0. The fraction of sp³-hybridized carbons (Fsp3) is 0.111. The monoisotopic (exact) mass is 308 g/mol. The smallest absolute Gasteiger partial charge is 0.0460 e. The summed E-state index contributed by atoms with van der Waals surface area (Å²) in [6.07, 6.45) is 0. The van der Waals surface area contributed by atoms with Gasteiger partial charge < -0.3 is 0 Å². The minimum atomic E-state index is 0.870. The highest BCUT2D eigenvalue weighted by Gasteiger charge is 2.06. The van der Waals surface area contributed by atoms with E-state index in [4.69, 9.17) is 11.6 Å². The third-order valence-electron chi connectivity index (χ3n) is 1.87. The Balaban J connectivity index is 2.97. The van der Waals surface area contributed by atoms with E-state index in [-0.39, 0.29) is 0 Å². The van der Waals surface area contributed by atoms with E-state index < -0.39 is 0 Å². The lowest BCUT2D eigenvalue weighted by Crippen LogP contribution is -1.78. The van der Waals surface area contributed by atoms with Crippen LogP contribution in [0, 0.1) is 10.5 Å². The summed E-state index contributed by atoms with van der Waals surface area (Å²) in [5, 5.41) is 4.30. The van der Waals surface area contributed by atoms with Gasteiger partial charge in [-0.15, -0.1) is 11.3 Å². The highest BCUT2D eigenvalue weighted by Crippen LogP contribution is 2.33. The maximum Gasteiger partial charge on any atom is 0.0460 e. The summed E-state index contributed by atoms with van der Waals surface area (Å²) < 4.78 is 2.55. The molecule has 2 aromatic rings. The molecule has 0 aliphatic rings. The van der Waals surface area contributed by atoms with E-state index in [0.717, 1.165) is 5.02 Å². The van der Waals surface area contributed by atoms with Crippen LogP contribution in [0.25, 0.3) is 10.1 Å². The molecule has 2 rings (SSSR count). The number of thiophene rings is 1. The van der Waals surface area contributed by atoms with E-state index >= 15 is 0 Å². The second kappa shape index (κ2) is 3.16. The average Bonchev–Trinajstić information content (AvgIpc) is 2.48. The third-order valence-corrected chi connectivity index (χ3v) is 4.19. The van der Waals surface area contributed by atoms with Crippen molar-refractivity contribution in [2.75, 3.05) is 0 Å². The Morgan fingerprint density at radius 3 is 3.00 bits per heavy atom. The van der Waals surface area contributed by atoms with Gasteiger partial charge in [0.1, 0.15) is 0 Å². The lowest BCUT2D eigenvalue weighted by Gasteiger charge is -2.01. The minimum Gasteiger partial charge on any atom is -0.143 e. The predicted molar refractivity (Wildman–Crippen MR) is 64.3 cm³/mol. The third kappa shape index (κ3) is 1.26. The zero-order valence-corrected chi connectivity index (χ0v) is 10.1. The van der Waals surface area contributed by atoms with Gasteiger partial charge in [-0.1, -0.05) is 11.6 Å². The van der Waals surface area contributed by atoms with Crippen LogP contribution in [-0.2, 0) is 0 Å². The van der Waals surface area contributed by atoms with Crippen molar-refractivity contribution >= 4 is 55.6 Å². The SMILES string of the molecule is Cc1c(Cl)cc(I)c2ccsc12. The van der Waals surface area contributed by atoms with Crippen LogP contribution >= 0.6 is 45.5 Å². The van der Waals surface area contributed by atoms with Crippen LogP contribution in [0.1, 0.15) is 5.56 Å². The number of halogens is 2. The van der Waals surface area contributed by atoms with Gasteiger partial charge in [0.05, 0.1) is 0 Å². The van der Waals surface area contributed by atoms with Gasteiger partial charge in [-0.3, -0.25) is 0 Å². The number of rotatable bonds is 0. The second-order valence-electron chi connectivity index (χ2n) is 2.63. The van der Waals surface area contributed by atoms with E-state index in [1.807, 2.05) is 6.07 Å². The molecule has 12 heavy (non-hydrogen) atoms. The normalized spacial score (nSPS) is 10.9. The van der Waals surface area contributed by atoms with Crippen LogP contribution in [-0.4, -0.2) is 0 Å². The van der Waals surface area contributed by atoms with Crippen LogP contribution in [0.15, 0.2) is 17.5 Å². The Morgan fingerprint density at radius 1 is 1.50 bits per heavy atom. The number of benzene rings is 1. The summed E-state index contributed by atoms with van der Waals surface area (Å²) >= 11 is 10.1. The van der Waals surface area contributed by atoms with E-state index in [1.165, 1.54) is 19.2 Å². The van der Waals surface area contributed by atoms with E-state index in [1.54, 1.807) is 11.3 Å². The summed E-state index contributed by atoms with van der Waals surface area (Å²) in [6.45, 7) is 2.07. The summed E-state index contributed by atoms with van der Waals surface area (Å²) in [5.74, 6) is 0. The maximum atomic E-state index is 6.05. The topological polar surface area (TPSA) is 0 Å². The number of aryl methyl sites for hydroxylation is 1. The van der Waals surface area contributed by atoms with Crippen molar-refractivity contribution in [3.8, 4) is 0 Å². The van der Waals surface area contributed by atoms with Crippen molar-refractivity contribution in [1.82, 2.24) is 0 Å². The molecular weight excluding hydrogens is 303 g/mol. The van der Waals surface area contributed by atoms with Crippen molar-refractivity contribution in [1.29, 1.82) is 0 Å². The standard InChI is InChI=1S/C9H6ClIS/c1-5-7(10)4-8(11)6-2-3-12-9(5)6/h2-4H,1H3. The maximum absolute atomic E-state index is 6.05. The Morgan fingerprint density at radius 2 is 2.25 bits per heavy atom. The lowest BCUT2D eigenvalue weighted by atomic mass is 10.2. The molecule has 0 saturated heterocycles. The fourth-order valence-corrected chi connectivity index (χ4v) is 3.51. The second-order valence-corrected chi connectivity index (χ2v) is 5.11. The van der Waals surface area contributed by atoms with Gasteiger partial charge in [-0.25, -0.2) is 0 Å². The summed E-state index contributed by atoms with van der Waals surface area (Å²) in [4.78, 5) is 0. The fourth-order valence-electron chi connectivity index (χ4n) is 1.19.